The first-order valence-electron chi connectivity index (χ1n) is 8.46. The molecule has 0 atom stereocenters. The fourth-order valence-electron chi connectivity index (χ4n) is 2.20. The fraction of sp³-hybridized carbons (Fsp3) is 0.316. The summed E-state index contributed by atoms with van der Waals surface area (Å²) in [7, 11) is 0. The lowest BCUT2D eigenvalue weighted by molar-refractivity contribution is -0.274. The lowest BCUT2D eigenvalue weighted by Gasteiger charge is -2.09. The molecule has 27 heavy (non-hydrogen) atoms. The number of alkyl halides is 3. The van der Waals surface area contributed by atoms with Gasteiger partial charge in [-0.2, -0.15) is 0 Å². The van der Waals surface area contributed by atoms with Crippen molar-refractivity contribution in [2.75, 3.05) is 13.2 Å². The van der Waals surface area contributed by atoms with E-state index in [1.165, 1.54) is 30.7 Å². The van der Waals surface area contributed by atoms with Gasteiger partial charge in [0.25, 0.3) is 5.88 Å². The van der Waals surface area contributed by atoms with Crippen LogP contribution in [0.3, 0.4) is 0 Å². The molecule has 0 saturated carbocycles. The van der Waals surface area contributed by atoms with E-state index in [9.17, 15) is 13.2 Å². The molecule has 0 unspecified atom stereocenters. The van der Waals surface area contributed by atoms with Gasteiger partial charge in [-0.05, 0) is 40.5 Å². The third-order valence-electron chi connectivity index (χ3n) is 3.21. The van der Waals surface area contributed by atoms with Crippen LogP contribution < -0.4 is 15.2 Å². The predicted octanol–water partition coefficient (Wildman–Crippen LogP) is 5.15. The molecule has 2 N–H and O–H groups in total. The monoisotopic (exact) mass is 382 g/mol. The van der Waals surface area contributed by atoms with E-state index in [1.54, 1.807) is 18.2 Å². The normalized spacial score (nSPS) is 11.0. The lowest BCUT2D eigenvalue weighted by atomic mass is 10.0. The molecule has 3 aromatic rings. The van der Waals surface area contributed by atoms with Gasteiger partial charge < -0.3 is 19.7 Å². The van der Waals surface area contributed by atoms with E-state index in [0.717, 1.165) is 11.1 Å². The smallest absolute Gasteiger partial charge is 0.474 e. The summed E-state index contributed by atoms with van der Waals surface area (Å²) in [4.78, 5) is 0. The van der Waals surface area contributed by atoms with E-state index in [0.29, 0.717) is 30.0 Å². The fourth-order valence-corrected chi connectivity index (χ4v) is 2.20. The SMILES string of the molecule is CCC.NCCOc1noc2ccc(-c3ccc(OC(F)(F)F)cc3)cc12. The zero-order chi connectivity index (χ0) is 19.9. The van der Waals surface area contributed by atoms with Crippen LogP contribution in [-0.4, -0.2) is 24.7 Å². The van der Waals surface area contributed by atoms with E-state index in [-0.39, 0.29) is 5.75 Å². The second-order valence-electron chi connectivity index (χ2n) is 5.62. The lowest BCUT2D eigenvalue weighted by Crippen LogP contribution is -2.16. The number of halogens is 3. The average Bonchev–Trinajstić information content (AvgIpc) is 3.02. The predicted molar refractivity (Wildman–Crippen MR) is 96.6 cm³/mol. The van der Waals surface area contributed by atoms with Crippen molar-refractivity contribution in [1.29, 1.82) is 0 Å². The Hall–Kier alpha value is -2.74. The Labute approximate surface area is 154 Å². The van der Waals surface area contributed by atoms with Crippen molar-refractivity contribution in [1.82, 2.24) is 5.16 Å². The maximum absolute atomic E-state index is 12.2. The van der Waals surface area contributed by atoms with Gasteiger partial charge >= 0.3 is 6.36 Å². The number of benzene rings is 2. The number of aromatic nitrogens is 1. The van der Waals surface area contributed by atoms with Gasteiger partial charge in [-0.25, -0.2) is 0 Å². The molecule has 0 spiro atoms. The van der Waals surface area contributed by atoms with Crippen LogP contribution in [0.2, 0.25) is 0 Å². The molecular weight excluding hydrogens is 361 g/mol. The summed E-state index contributed by atoms with van der Waals surface area (Å²) in [6.45, 7) is 4.89. The Bertz CT molecular complexity index is 846. The summed E-state index contributed by atoms with van der Waals surface area (Å²) in [5.74, 6) is 0.0543. The first kappa shape index (κ1) is 20.6. The second kappa shape index (κ2) is 9.27. The molecule has 0 amide bonds. The molecule has 2 aromatic carbocycles. The molecule has 3 rings (SSSR count). The molecule has 0 aliphatic carbocycles. The van der Waals surface area contributed by atoms with Crippen LogP contribution in [0.4, 0.5) is 13.2 Å². The molecular formula is C19H21F3N2O3. The number of nitrogens with zero attached hydrogens (tertiary/aromatic N) is 1. The van der Waals surface area contributed by atoms with Gasteiger partial charge in [0.05, 0.1) is 5.39 Å². The first-order chi connectivity index (χ1) is 12.9. The number of ether oxygens (including phenoxy) is 2. The molecule has 0 aliphatic rings. The number of fused-ring (bicyclic) bond motifs is 1. The molecule has 0 fully saturated rings. The van der Waals surface area contributed by atoms with Gasteiger partial charge in [-0.1, -0.05) is 38.5 Å². The highest BCUT2D eigenvalue weighted by Gasteiger charge is 2.30. The summed E-state index contributed by atoms with van der Waals surface area (Å²) in [6.07, 6.45) is -3.46. The highest BCUT2D eigenvalue weighted by molar-refractivity contribution is 5.87. The Morgan fingerprint density at radius 1 is 1.04 bits per heavy atom. The Morgan fingerprint density at radius 3 is 2.26 bits per heavy atom. The Balaban J connectivity index is 0.000000817. The number of rotatable bonds is 5. The van der Waals surface area contributed by atoms with Crippen LogP contribution in [0.25, 0.3) is 22.1 Å². The summed E-state index contributed by atoms with van der Waals surface area (Å²) >= 11 is 0. The summed E-state index contributed by atoms with van der Waals surface area (Å²) < 4.78 is 51.0. The largest absolute Gasteiger partial charge is 0.573 e. The standard InChI is InChI=1S/C16H13F3N2O3.C3H8/c17-16(18,19)23-12-4-1-10(2-5-12)11-3-6-14-13(9-11)15(21-24-14)22-8-7-20;1-3-2/h1-6,9H,7-8,20H2;3H2,1-2H3. The summed E-state index contributed by atoms with van der Waals surface area (Å²) in [5.41, 5.74) is 7.44. The highest BCUT2D eigenvalue weighted by atomic mass is 19.4. The first-order valence-corrected chi connectivity index (χ1v) is 8.46. The molecule has 1 heterocycles. The third kappa shape index (κ3) is 5.89. The average molecular weight is 382 g/mol. The van der Waals surface area contributed by atoms with Gasteiger partial charge in [-0.15, -0.1) is 13.2 Å². The van der Waals surface area contributed by atoms with E-state index in [1.807, 2.05) is 0 Å². The molecule has 0 saturated heterocycles. The zero-order valence-corrected chi connectivity index (χ0v) is 15.0. The van der Waals surface area contributed by atoms with Crippen LogP contribution in [0, 0.1) is 0 Å². The second-order valence-corrected chi connectivity index (χ2v) is 5.62. The van der Waals surface area contributed by atoms with Crippen LogP contribution in [-0.2, 0) is 0 Å². The number of nitrogens with two attached hydrogens (primary N) is 1. The van der Waals surface area contributed by atoms with E-state index < -0.39 is 6.36 Å². The van der Waals surface area contributed by atoms with E-state index >= 15 is 0 Å². The minimum Gasteiger partial charge on any atom is -0.474 e. The van der Waals surface area contributed by atoms with Crippen molar-refractivity contribution in [3.05, 3.63) is 42.5 Å². The van der Waals surface area contributed by atoms with Crippen LogP contribution in [0.5, 0.6) is 11.6 Å². The highest BCUT2D eigenvalue weighted by Crippen LogP contribution is 2.31. The maximum atomic E-state index is 12.2. The van der Waals surface area contributed by atoms with Crippen LogP contribution in [0.1, 0.15) is 20.3 Å². The minimum atomic E-state index is -4.71. The van der Waals surface area contributed by atoms with Crippen LogP contribution in [0.15, 0.2) is 47.0 Å². The van der Waals surface area contributed by atoms with Gasteiger partial charge in [0, 0.05) is 6.54 Å². The van der Waals surface area contributed by atoms with Gasteiger partial charge in [0.1, 0.15) is 12.4 Å². The topological polar surface area (TPSA) is 70.5 Å². The minimum absolute atomic E-state index is 0.274. The maximum Gasteiger partial charge on any atom is 0.573 e. The quantitative estimate of drug-likeness (QED) is 0.661. The number of hydrogen-bond donors (Lipinski definition) is 1. The van der Waals surface area contributed by atoms with E-state index in [4.69, 9.17) is 15.0 Å². The molecule has 0 bridgehead atoms. The molecule has 5 nitrogen and oxygen atoms in total. The number of hydrogen-bond acceptors (Lipinski definition) is 5. The van der Waals surface area contributed by atoms with Crippen molar-refractivity contribution in [2.45, 2.75) is 26.6 Å². The Kier molecular flexibility index (Phi) is 7.06. The summed E-state index contributed by atoms with van der Waals surface area (Å²) in [6, 6.07) is 10.9. The zero-order valence-electron chi connectivity index (χ0n) is 15.0. The van der Waals surface area contributed by atoms with Gasteiger partial charge in [-0.3, -0.25) is 0 Å². The van der Waals surface area contributed by atoms with E-state index in [2.05, 4.69) is 23.7 Å². The molecule has 146 valence electrons. The van der Waals surface area contributed by atoms with Crippen molar-refractivity contribution in [3.8, 4) is 22.8 Å². The van der Waals surface area contributed by atoms with Gasteiger partial charge in [0.2, 0.25) is 0 Å². The van der Waals surface area contributed by atoms with Crippen molar-refractivity contribution in [2.24, 2.45) is 5.73 Å². The van der Waals surface area contributed by atoms with Crippen molar-refractivity contribution in [3.63, 3.8) is 0 Å². The van der Waals surface area contributed by atoms with Gasteiger partial charge in [0.15, 0.2) is 5.58 Å². The molecule has 1 aromatic heterocycles. The molecule has 8 heteroatoms. The van der Waals surface area contributed by atoms with Crippen LogP contribution >= 0.6 is 0 Å². The van der Waals surface area contributed by atoms with Crippen molar-refractivity contribution >= 4 is 11.0 Å². The summed E-state index contributed by atoms with van der Waals surface area (Å²) in [5, 5.41) is 4.49. The molecule has 0 aliphatic heterocycles. The van der Waals surface area contributed by atoms with Crippen molar-refractivity contribution < 1.29 is 27.2 Å². The molecule has 0 radical (unpaired) electrons. The Morgan fingerprint density at radius 2 is 1.67 bits per heavy atom. The third-order valence-corrected chi connectivity index (χ3v) is 3.21.